The van der Waals surface area contributed by atoms with Crippen molar-refractivity contribution in [2.45, 2.75) is 64.8 Å². The molecule has 0 saturated heterocycles. The van der Waals surface area contributed by atoms with Crippen molar-refractivity contribution < 1.29 is 14.6 Å². The molecule has 1 aliphatic carbocycles. The van der Waals surface area contributed by atoms with E-state index in [4.69, 9.17) is 12.2 Å². The SMILES string of the molecule is Cc1cc(F)c(C(=S)NC2CC2)cc1-c1cnc2c(c1)n(C[C@H](C)O)c(=O)n2C(C)(C)CO. The first-order valence-electron chi connectivity index (χ1n) is 11.1. The second-order valence-electron chi connectivity index (χ2n) is 9.51. The lowest BCUT2D eigenvalue weighted by atomic mass is 9.98. The zero-order valence-electron chi connectivity index (χ0n) is 19.2. The molecular formula is C24H29FN4O3S. The number of benzene rings is 1. The van der Waals surface area contributed by atoms with Crippen molar-refractivity contribution in [3.8, 4) is 11.1 Å². The van der Waals surface area contributed by atoms with E-state index >= 15 is 0 Å². The quantitative estimate of drug-likeness (QED) is 0.458. The van der Waals surface area contributed by atoms with Crippen LogP contribution >= 0.6 is 12.2 Å². The van der Waals surface area contributed by atoms with Gasteiger partial charge in [0.2, 0.25) is 0 Å². The van der Waals surface area contributed by atoms with E-state index < -0.39 is 11.6 Å². The fourth-order valence-corrected chi connectivity index (χ4v) is 4.31. The molecule has 33 heavy (non-hydrogen) atoms. The Morgan fingerprint density at radius 2 is 2.06 bits per heavy atom. The molecule has 1 saturated carbocycles. The van der Waals surface area contributed by atoms with Crippen molar-refractivity contribution in [3.63, 3.8) is 0 Å². The summed E-state index contributed by atoms with van der Waals surface area (Å²) in [6, 6.07) is 5.30. The number of fused-ring (bicyclic) bond motifs is 1. The third kappa shape index (κ3) is 4.45. The first kappa shape index (κ1) is 23.5. The van der Waals surface area contributed by atoms with Crippen LogP contribution < -0.4 is 11.0 Å². The van der Waals surface area contributed by atoms with E-state index in [1.165, 1.54) is 15.2 Å². The Labute approximate surface area is 196 Å². The molecule has 0 amide bonds. The van der Waals surface area contributed by atoms with Crippen LogP contribution in [0.5, 0.6) is 0 Å². The number of hydrogen-bond donors (Lipinski definition) is 3. The monoisotopic (exact) mass is 472 g/mol. The van der Waals surface area contributed by atoms with Crippen LogP contribution in [0.1, 0.15) is 44.7 Å². The molecule has 176 valence electrons. The normalized spacial score (nSPS) is 15.1. The molecule has 0 unspecified atom stereocenters. The van der Waals surface area contributed by atoms with E-state index in [-0.39, 0.29) is 24.7 Å². The molecule has 2 aromatic heterocycles. The molecule has 0 bridgehead atoms. The van der Waals surface area contributed by atoms with Crippen LogP contribution in [0.3, 0.4) is 0 Å². The predicted molar refractivity (Wildman–Crippen MR) is 130 cm³/mol. The number of halogens is 1. The summed E-state index contributed by atoms with van der Waals surface area (Å²) in [5.41, 5.74) is 2.20. The first-order valence-corrected chi connectivity index (χ1v) is 11.5. The molecule has 0 aliphatic heterocycles. The minimum absolute atomic E-state index is 0.0814. The van der Waals surface area contributed by atoms with Crippen molar-refractivity contribution in [1.82, 2.24) is 19.4 Å². The number of aliphatic hydroxyl groups is 2. The molecule has 2 heterocycles. The number of rotatable bonds is 7. The maximum absolute atomic E-state index is 14.7. The number of aliphatic hydroxyl groups excluding tert-OH is 2. The number of imidazole rings is 1. The first-order chi connectivity index (χ1) is 15.5. The van der Waals surface area contributed by atoms with Crippen LogP contribution in [0.4, 0.5) is 4.39 Å². The summed E-state index contributed by atoms with van der Waals surface area (Å²) in [5.74, 6) is -0.384. The Bertz CT molecular complexity index is 1290. The number of nitrogens with zero attached hydrogens (tertiary/aromatic N) is 3. The Morgan fingerprint density at radius 3 is 2.67 bits per heavy atom. The van der Waals surface area contributed by atoms with Crippen molar-refractivity contribution in [2.24, 2.45) is 0 Å². The van der Waals surface area contributed by atoms with Crippen molar-refractivity contribution in [3.05, 3.63) is 51.8 Å². The predicted octanol–water partition coefficient (Wildman–Crippen LogP) is 2.85. The fourth-order valence-electron chi connectivity index (χ4n) is 3.98. The Kier molecular flexibility index (Phi) is 6.15. The van der Waals surface area contributed by atoms with Gasteiger partial charge in [0.15, 0.2) is 5.65 Å². The highest BCUT2D eigenvalue weighted by molar-refractivity contribution is 7.80. The van der Waals surface area contributed by atoms with Gasteiger partial charge in [-0.1, -0.05) is 12.2 Å². The van der Waals surface area contributed by atoms with Crippen LogP contribution in [-0.4, -0.2) is 48.1 Å². The number of aromatic nitrogens is 3. The molecular weight excluding hydrogens is 443 g/mol. The van der Waals surface area contributed by atoms with E-state index in [2.05, 4.69) is 10.3 Å². The van der Waals surface area contributed by atoms with E-state index in [0.29, 0.717) is 38.9 Å². The van der Waals surface area contributed by atoms with Gasteiger partial charge in [0, 0.05) is 23.4 Å². The highest BCUT2D eigenvalue weighted by Crippen LogP contribution is 2.30. The van der Waals surface area contributed by atoms with E-state index in [9.17, 15) is 19.4 Å². The van der Waals surface area contributed by atoms with Crippen LogP contribution in [0.25, 0.3) is 22.3 Å². The van der Waals surface area contributed by atoms with E-state index in [0.717, 1.165) is 18.4 Å². The van der Waals surface area contributed by atoms with Gasteiger partial charge < -0.3 is 15.5 Å². The minimum atomic E-state index is -0.882. The summed E-state index contributed by atoms with van der Waals surface area (Å²) < 4.78 is 17.6. The maximum Gasteiger partial charge on any atom is 0.331 e. The van der Waals surface area contributed by atoms with Gasteiger partial charge in [-0.25, -0.2) is 14.2 Å². The van der Waals surface area contributed by atoms with E-state index in [1.807, 2.05) is 13.0 Å². The van der Waals surface area contributed by atoms with Gasteiger partial charge in [-0.15, -0.1) is 0 Å². The van der Waals surface area contributed by atoms with Gasteiger partial charge in [-0.3, -0.25) is 9.13 Å². The largest absolute Gasteiger partial charge is 0.394 e. The summed E-state index contributed by atoms with van der Waals surface area (Å²) in [6.07, 6.45) is 2.94. The summed E-state index contributed by atoms with van der Waals surface area (Å²) in [5, 5.41) is 23.0. The zero-order valence-corrected chi connectivity index (χ0v) is 20.0. The molecule has 0 radical (unpaired) electrons. The second kappa shape index (κ2) is 8.62. The molecule has 1 aliphatic rings. The van der Waals surface area contributed by atoms with Crippen LogP contribution in [0.2, 0.25) is 0 Å². The molecule has 1 fully saturated rings. The second-order valence-corrected chi connectivity index (χ2v) is 9.92. The standard InChI is InChI=1S/C24H29FN4O3S/c1-13-7-19(25)18(22(33)27-16-5-6-16)9-17(13)15-8-20-21(26-10-15)29(24(3,4)12-30)23(32)28(20)11-14(2)31/h7-10,14,16,30-31H,5-6,11-12H2,1-4H3,(H,27,33)/t14-/m0/s1. The average molecular weight is 473 g/mol. The molecule has 9 heteroatoms. The highest BCUT2D eigenvalue weighted by atomic mass is 32.1. The Morgan fingerprint density at radius 1 is 1.36 bits per heavy atom. The van der Waals surface area contributed by atoms with Gasteiger partial charge in [-0.2, -0.15) is 0 Å². The summed E-state index contributed by atoms with van der Waals surface area (Å²) in [6.45, 7) is 6.75. The van der Waals surface area contributed by atoms with Gasteiger partial charge in [0.05, 0.1) is 30.3 Å². The minimum Gasteiger partial charge on any atom is -0.394 e. The molecule has 3 N–H and O–H groups in total. The van der Waals surface area contributed by atoms with Crippen LogP contribution in [-0.2, 0) is 12.1 Å². The third-order valence-corrected chi connectivity index (χ3v) is 6.33. The van der Waals surface area contributed by atoms with Crippen LogP contribution in [0.15, 0.2) is 29.2 Å². The summed E-state index contributed by atoms with van der Waals surface area (Å²) in [4.78, 5) is 18.2. The molecule has 4 rings (SSSR count). The topological polar surface area (TPSA) is 92.3 Å². The number of aryl methyl sites for hydroxylation is 1. The molecule has 1 atom stereocenters. The number of thiocarbonyl (C=S) groups is 1. The van der Waals surface area contributed by atoms with Gasteiger partial charge in [-0.05, 0) is 69.9 Å². The van der Waals surface area contributed by atoms with Gasteiger partial charge in [0.25, 0.3) is 0 Å². The van der Waals surface area contributed by atoms with Crippen molar-refractivity contribution in [2.75, 3.05) is 6.61 Å². The summed E-state index contributed by atoms with van der Waals surface area (Å²) in [7, 11) is 0. The molecule has 0 spiro atoms. The Balaban J connectivity index is 1.89. The highest BCUT2D eigenvalue weighted by Gasteiger charge is 2.28. The number of hydrogen-bond acceptors (Lipinski definition) is 5. The van der Waals surface area contributed by atoms with Crippen molar-refractivity contribution in [1.29, 1.82) is 0 Å². The number of nitrogens with one attached hydrogen (secondary N) is 1. The smallest absolute Gasteiger partial charge is 0.331 e. The molecule has 3 aromatic rings. The summed E-state index contributed by atoms with van der Waals surface area (Å²) >= 11 is 5.43. The average Bonchev–Trinajstić information content (AvgIpc) is 3.51. The fraction of sp³-hybridized carbons (Fsp3) is 0.458. The van der Waals surface area contributed by atoms with Crippen molar-refractivity contribution >= 4 is 28.4 Å². The number of pyridine rings is 1. The van der Waals surface area contributed by atoms with Gasteiger partial charge in [0.1, 0.15) is 10.8 Å². The molecule has 7 nitrogen and oxygen atoms in total. The van der Waals surface area contributed by atoms with E-state index in [1.54, 1.807) is 33.0 Å². The maximum atomic E-state index is 14.7. The van der Waals surface area contributed by atoms with Gasteiger partial charge >= 0.3 is 5.69 Å². The lowest BCUT2D eigenvalue weighted by molar-refractivity contribution is 0.157. The third-order valence-electron chi connectivity index (χ3n) is 5.99. The lowest BCUT2D eigenvalue weighted by Crippen LogP contribution is -2.40. The Hall–Kier alpha value is -2.62. The van der Waals surface area contributed by atoms with Crippen LogP contribution in [0, 0.1) is 12.7 Å². The molecule has 1 aromatic carbocycles. The lowest BCUT2D eigenvalue weighted by Gasteiger charge is -2.23. The zero-order chi connectivity index (χ0) is 24.1.